The van der Waals surface area contributed by atoms with Gasteiger partial charge >= 0.3 is 18.1 Å². The summed E-state index contributed by atoms with van der Waals surface area (Å²) in [6.07, 6.45) is -1.69. The molecule has 0 radical (unpaired) electrons. The highest BCUT2D eigenvalue weighted by molar-refractivity contribution is 5.99. The molecule has 4 amide bonds. The number of imide groups is 1. The smallest absolute Gasteiger partial charge is 0.411 e. The van der Waals surface area contributed by atoms with E-state index in [0.717, 1.165) is 4.90 Å². The van der Waals surface area contributed by atoms with E-state index in [1.807, 2.05) is 0 Å². The van der Waals surface area contributed by atoms with Gasteiger partial charge in [-0.3, -0.25) is 15.0 Å². The van der Waals surface area contributed by atoms with Crippen LogP contribution in [0.2, 0.25) is 0 Å². The first kappa shape index (κ1) is 18.2. The number of amides is 4. The van der Waals surface area contributed by atoms with Crippen LogP contribution in [-0.4, -0.2) is 54.7 Å². The fourth-order valence-electron chi connectivity index (χ4n) is 2.16. The maximum atomic E-state index is 12.1. The minimum Gasteiger partial charge on any atom is -0.450 e. The first-order valence-corrected chi connectivity index (χ1v) is 7.76. The number of benzene rings is 1. The Kier molecular flexibility index (Phi) is 5.93. The maximum Gasteiger partial charge on any atom is 0.411 e. The van der Waals surface area contributed by atoms with Crippen molar-refractivity contribution in [1.29, 1.82) is 0 Å². The summed E-state index contributed by atoms with van der Waals surface area (Å²) < 4.78 is 9.84. The van der Waals surface area contributed by atoms with Crippen molar-refractivity contribution in [1.82, 2.24) is 10.2 Å². The van der Waals surface area contributed by atoms with Gasteiger partial charge in [0.1, 0.15) is 0 Å². The molecule has 1 fully saturated rings. The van der Waals surface area contributed by atoms with Crippen LogP contribution in [0.4, 0.5) is 15.3 Å². The summed E-state index contributed by atoms with van der Waals surface area (Å²) in [6, 6.07) is 5.41. The van der Waals surface area contributed by atoms with E-state index in [-0.39, 0.29) is 18.7 Å². The minimum absolute atomic E-state index is 0.208. The van der Waals surface area contributed by atoms with Gasteiger partial charge in [-0.1, -0.05) is 0 Å². The van der Waals surface area contributed by atoms with Crippen molar-refractivity contribution in [3.05, 3.63) is 29.8 Å². The molecule has 0 aliphatic carbocycles. The van der Waals surface area contributed by atoms with Crippen LogP contribution in [0.1, 0.15) is 24.2 Å². The van der Waals surface area contributed by atoms with Crippen LogP contribution < -0.4 is 10.6 Å². The van der Waals surface area contributed by atoms with Gasteiger partial charge in [0.2, 0.25) is 0 Å². The second kappa shape index (κ2) is 8.13. The molecule has 25 heavy (non-hydrogen) atoms. The zero-order chi connectivity index (χ0) is 18.4. The van der Waals surface area contributed by atoms with Crippen LogP contribution in [0.5, 0.6) is 0 Å². The molecule has 1 aliphatic rings. The van der Waals surface area contributed by atoms with Gasteiger partial charge in [0, 0.05) is 18.8 Å². The van der Waals surface area contributed by atoms with E-state index >= 15 is 0 Å². The molecular weight excluding hydrogens is 330 g/mol. The Morgan fingerprint density at radius 1 is 1.28 bits per heavy atom. The summed E-state index contributed by atoms with van der Waals surface area (Å²) in [7, 11) is 0. The Morgan fingerprint density at radius 2 is 1.96 bits per heavy atom. The van der Waals surface area contributed by atoms with E-state index in [1.54, 1.807) is 6.92 Å². The number of anilines is 1. The van der Waals surface area contributed by atoms with E-state index in [1.165, 1.54) is 31.2 Å². The monoisotopic (exact) mass is 349 g/mol. The Balaban J connectivity index is 1.92. The molecule has 0 bridgehead atoms. The predicted octanol–water partition coefficient (Wildman–Crippen LogP) is 1.35. The number of carbonyl (C=O) groups is 4. The summed E-state index contributed by atoms with van der Waals surface area (Å²) in [6.45, 7) is 3.96. The van der Waals surface area contributed by atoms with Crippen molar-refractivity contribution >= 4 is 29.7 Å². The fraction of sp³-hybridized carbons (Fsp3) is 0.375. The van der Waals surface area contributed by atoms with Gasteiger partial charge in [-0.2, -0.15) is 0 Å². The lowest BCUT2D eigenvalue weighted by atomic mass is 10.2. The molecule has 1 aromatic carbocycles. The molecule has 1 aromatic rings. The molecule has 0 spiro atoms. The average Bonchev–Trinajstić information content (AvgIpc) is 3.00. The van der Waals surface area contributed by atoms with E-state index in [0.29, 0.717) is 12.2 Å². The highest BCUT2D eigenvalue weighted by Gasteiger charge is 2.31. The van der Waals surface area contributed by atoms with E-state index in [9.17, 15) is 19.2 Å². The quantitative estimate of drug-likeness (QED) is 0.776. The van der Waals surface area contributed by atoms with Crippen molar-refractivity contribution in [3.63, 3.8) is 0 Å². The van der Waals surface area contributed by atoms with Crippen LogP contribution in [0, 0.1) is 0 Å². The molecule has 9 nitrogen and oxygen atoms in total. The van der Waals surface area contributed by atoms with Gasteiger partial charge in [-0.05, 0) is 38.1 Å². The molecule has 1 saturated heterocycles. The summed E-state index contributed by atoms with van der Waals surface area (Å²) >= 11 is 0. The number of nitrogens with one attached hydrogen (secondary N) is 2. The second-order valence-corrected chi connectivity index (χ2v) is 5.19. The van der Waals surface area contributed by atoms with E-state index in [2.05, 4.69) is 10.6 Å². The van der Waals surface area contributed by atoms with Gasteiger partial charge in [0.15, 0.2) is 6.10 Å². The molecule has 2 N–H and O–H groups in total. The summed E-state index contributed by atoms with van der Waals surface area (Å²) in [5, 5.41) is 4.99. The number of hydrogen-bond acceptors (Lipinski definition) is 6. The van der Waals surface area contributed by atoms with Crippen LogP contribution in [0.25, 0.3) is 0 Å². The lowest BCUT2D eigenvalue weighted by molar-refractivity contribution is -0.136. The number of nitrogens with zero attached hydrogens (tertiary/aromatic N) is 1. The van der Waals surface area contributed by atoms with Crippen molar-refractivity contribution in [2.45, 2.75) is 20.0 Å². The number of esters is 1. The Morgan fingerprint density at radius 3 is 2.52 bits per heavy atom. The minimum atomic E-state index is -1.09. The van der Waals surface area contributed by atoms with Crippen molar-refractivity contribution in [2.75, 3.05) is 25.0 Å². The standard InChI is InChI=1S/C16H19N3O6/c1-3-24-16(23)18-12-6-4-11(5-7-12)14(21)25-10(2)13(20)19-9-8-17-15(19)22/h4-7,10H,3,8-9H2,1-2H3,(H,17,22)(H,18,23). The Labute approximate surface area is 144 Å². The molecule has 9 heteroatoms. The molecule has 1 unspecified atom stereocenters. The van der Waals surface area contributed by atoms with Gasteiger partial charge in [0.25, 0.3) is 5.91 Å². The molecule has 0 saturated carbocycles. The van der Waals surface area contributed by atoms with Crippen LogP contribution in [-0.2, 0) is 14.3 Å². The number of ether oxygens (including phenoxy) is 2. The van der Waals surface area contributed by atoms with Gasteiger partial charge < -0.3 is 14.8 Å². The largest absolute Gasteiger partial charge is 0.450 e. The first-order chi connectivity index (χ1) is 11.9. The summed E-state index contributed by atoms with van der Waals surface area (Å²) in [4.78, 5) is 47.9. The van der Waals surface area contributed by atoms with E-state index < -0.39 is 30.1 Å². The zero-order valence-electron chi connectivity index (χ0n) is 13.9. The van der Waals surface area contributed by atoms with Crippen molar-refractivity contribution < 1.29 is 28.7 Å². The number of urea groups is 1. The lowest BCUT2D eigenvalue weighted by Crippen LogP contribution is -2.41. The number of hydrogen-bond donors (Lipinski definition) is 2. The highest BCUT2D eigenvalue weighted by atomic mass is 16.6. The molecule has 0 aromatic heterocycles. The molecule has 1 aliphatic heterocycles. The predicted molar refractivity (Wildman–Crippen MR) is 87.1 cm³/mol. The fourth-order valence-corrected chi connectivity index (χ4v) is 2.16. The van der Waals surface area contributed by atoms with Crippen LogP contribution in [0.3, 0.4) is 0 Å². The highest BCUT2D eigenvalue weighted by Crippen LogP contribution is 2.13. The zero-order valence-corrected chi connectivity index (χ0v) is 13.9. The SMILES string of the molecule is CCOC(=O)Nc1ccc(C(=O)OC(C)C(=O)N2CCNC2=O)cc1. The molecule has 2 rings (SSSR count). The first-order valence-electron chi connectivity index (χ1n) is 7.76. The third kappa shape index (κ3) is 4.69. The summed E-state index contributed by atoms with van der Waals surface area (Å²) in [5.41, 5.74) is 0.660. The lowest BCUT2D eigenvalue weighted by Gasteiger charge is -2.18. The number of rotatable bonds is 5. The topological polar surface area (TPSA) is 114 Å². The third-order valence-corrected chi connectivity index (χ3v) is 3.40. The maximum absolute atomic E-state index is 12.1. The average molecular weight is 349 g/mol. The van der Waals surface area contributed by atoms with Crippen LogP contribution >= 0.6 is 0 Å². The van der Waals surface area contributed by atoms with E-state index in [4.69, 9.17) is 9.47 Å². The second-order valence-electron chi connectivity index (χ2n) is 5.19. The van der Waals surface area contributed by atoms with Gasteiger partial charge in [-0.25, -0.2) is 14.4 Å². The summed E-state index contributed by atoms with van der Waals surface area (Å²) in [5.74, 6) is -1.29. The van der Waals surface area contributed by atoms with Crippen molar-refractivity contribution in [2.24, 2.45) is 0 Å². The Bertz CT molecular complexity index is 673. The molecule has 1 heterocycles. The molecular formula is C16H19N3O6. The van der Waals surface area contributed by atoms with Crippen LogP contribution in [0.15, 0.2) is 24.3 Å². The third-order valence-electron chi connectivity index (χ3n) is 3.40. The normalized spacial score (nSPS) is 14.5. The van der Waals surface area contributed by atoms with Gasteiger partial charge in [0.05, 0.1) is 12.2 Å². The Hall–Kier alpha value is -3.10. The number of carbonyl (C=O) groups excluding carboxylic acids is 4. The molecule has 134 valence electrons. The molecule has 1 atom stereocenters. The van der Waals surface area contributed by atoms with Crippen molar-refractivity contribution in [3.8, 4) is 0 Å². The van der Waals surface area contributed by atoms with Gasteiger partial charge in [-0.15, -0.1) is 0 Å².